The van der Waals surface area contributed by atoms with Crippen molar-refractivity contribution in [2.75, 3.05) is 0 Å². The van der Waals surface area contributed by atoms with Gasteiger partial charge in [0.15, 0.2) is 5.82 Å². The van der Waals surface area contributed by atoms with Crippen LogP contribution in [0.4, 0.5) is 0 Å². The Bertz CT molecular complexity index is 4730. The fourth-order valence-electron chi connectivity index (χ4n) is 12.5. The van der Waals surface area contributed by atoms with Crippen LogP contribution in [0.25, 0.3) is 112 Å². The van der Waals surface area contributed by atoms with Gasteiger partial charge in [-0.25, -0.2) is 24.9 Å². The van der Waals surface area contributed by atoms with Crippen molar-refractivity contribution >= 4 is 33.0 Å². The van der Waals surface area contributed by atoms with Gasteiger partial charge in [0.25, 0.3) is 0 Å². The Kier molecular flexibility index (Phi) is 15.4. The highest BCUT2D eigenvalue weighted by molar-refractivity contribution is 5.98. The Morgan fingerprint density at radius 3 is 1.39 bits per heavy atom. The molecule has 0 unspecified atom stereocenters. The second-order valence-corrected chi connectivity index (χ2v) is 27.4. The van der Waals surface area contributed by atoms with Crippen molar-refractivity contribution in [2.24, 2.45) is 0 Å². The van der Waals surface area contributed by atoms with E-state index < -0.39 is 0 Å². The topological polar surface area (TPSA) is 96.7 Å². The standard InChI is InChI=1S/C81H79N7O2/c1-48(2)63-41-58(53-26-19-16-20-27-53)42-64(49(3)4)73(63)87-70-31-22-21-30-68(70)82-76(87)57-28-23-29-60(40-57)90-61-46-67(62-38-39-89-72(62)47-61)77-83-69-45-56(75-84-78(80(9,10)11)86-79(85-75)81(12,13)14)36-37-71(69)88(77)74-65(50(5)6)43-59(44-66(74)51(7)8)55-34-32-54(33-35-55)52-24-17-15-18-25-52/h15-51H,1-14H3. The van der Waals surface area contributed by atoms with Gasteiger partial charge in [0.2, 0.25) is 0 Å². The third-order valence-corrected chi connectivity index (χ3v) is 17.3. The zero-order valence-electron chi connectivity index (χ0n) is 54.3. The Morgan fingerprint density at radius 2 is 0.833 bits per heavy atom. The first-order valence-electron chi connectivity index (χ1n) is 31.8. The van der Waals surface area contributed by atoms with E-state index in [2.05, 4.69) is 282 Å². The number of fused-ring (bicyclic) bond motifs is 3. The largest absolute Gasteiger partial charge is 0.464 e. The highest BCUT2D eigenvalue weighted by atomic mass is 16.5. The number of nitrogens with zero attached hydrogens (tertiary/aromatic N) is 7. The normalized spacial score (nSPS) is 12.3. The summed E-state index contributed by atoms with van der Waals surface area (Å²) >= 11 is 0. The number of furan rings is 1. The molecule has 9 aromatic carbocycles. The van der Waals surface area contributed by atoms with Gasteiger partial charge in [-0.1, -0.05) is 206 Å². The summed E-state index contributed by atoms with van der Waals surface area (Å²) in [6.07, 6.45) is 1.76. The van der Waals surface area contributed by atoms with E-state index >= 15 is 0 Å². The number of hydrogen-bond donors (Lipinski definition) is 0. The molecular weight excluding hydrogens is 1100 g/mol. The maximum atomic E-state index is 7.13. The fourth-order valence-corrected chi connectivity index (χ4v) is 12.5. The van der Waals surface area contributed by atoms with Crippen molar-refractivity contribution < 1.29 is 9.15 Å². The van der Waals surface area contributed by atoms with Gasteiger partial charge in [-0.15, -0.1) is 0 Å². The summed E-state index contributed by atoms with van der Waals surface area (Å²) in [5.74, 6) is 5.70. The van der Waals surface area contributed by atoms with Gasteiger partial charge in [-0.05, 0) is 158 Å². The molecule has 0 N–H and O–H groups in total. The van der Waals surface area contributed by atoms with Crippen molar-refractivity contribution in [3.05, 3.63) is 234 Å². The van der Waals surface area contributed by atoms with Gasteiger partial charge >= 0.3 is 0 Å². The summed E-state index contributed by atoms with van der Waals surface area (Å²) in [5, 5.41) is 0.913. The number of hydrogen-bond acceptors (Lipinski definition) is 7. The Balaban J connectivity index is 0.984. The molecule has 0 radical (unpaired) electrons. The molecule has 0 aliphatic rings. The van der Waals surface area contributed by atoms with Gasteiger partial charge in [0.1, 0.15) is 40.4 Å². The smallest absolute Gasteiger partial charge is 0.163 e. The first-order chi connectivity index (χ1) is 43.2. The molecule has 0 spiro atoms. The second-order valence-electron chi connectivity index (χ2n) is 27.4. The van der Waals surface area contributed by atoms with Crippen LogP contribution in [0.2, 0.25) is 0 Å². The predicted molar refractivity (Wildman–Crippen MR) is 372 cm³/mol. The van der Waals surface area contributed by atoms with Crippen LogP contribution in [0.3, 0.4) is 0 Å². The van der Waals surface area contributed by atoms with Gasteiger partial charge in [-0.3, -0.25) is 9.13 Å². The maximum absolute atomic E-state index is 7.13. The van der Waals surface area contributed by atoms with Crippen molar-refractivity contribution in [1.82, 2.24) is 34.1 Å². The highest BCUT2D eigenvalue weighted by Crippen LogP contribution is 2.46. The number of aromatic nitrogens is 7. The molecule has 0 aliphatic carbocycles. The molecule has 0 saturated carbocycles. The second kappa shape index (κ2) is 23.3. The lowest BCUT2D eigenvalue weighted by Gasteiger charge is -2.25. The number of benzene rings is 9. The third-order valence-electron chi connectivity index (χ3n) is 17.3. The monoisotopic (exact) mass is 1180 g/mol. The molecule has 4 heterocycles. The molecule has 9 nitrogen and oxygen atoms in total. The predicted octanol–water partition coefficient (Wildman–Crippen LogP) is 22.2. The van der Waals surface area contributed by atoms with Gasteiger partial charge in [-0.2, -0.15) is 0 Å². The fraction of sp³-hybridized carbons (Fsp3) is 0.247. The molecule has 0 amide bonds. The van der Waals surface area contributed by atoms with Crippen LogP contribution in [0.5, 0.6) is 11.5 Å². The molecular formula is C81H79N7O2. The Morgan fingerprint density at radius 1 is 0.367 bits per heavy atom. The average molecular weight is 1180 g/mol. The minimum Gasteiger partial charge on any atom is -0.464 e. The summed E-state index contributed by atoms with van der Waals surface area (Å²) in [4.78, 5) is 26.5. The minimum atomic E-state index is -0.306. The number of para-hydroxylation sites is 2. The van der Waals surface area contributed by atoms with E-state index in [9.17, 15) is 0 Å². The first kappa shape index (κ1) is 59.2. The molecule has 13 rings (SSSR count). The van der Waals surface area contributed by atoms with E-state index in [1.807, 2.05) is 18.2 Å². The SMILES string of the molecule is CC(C)c1cc(-c2ccccc2)cc(C(C)C)c1-n1c(-c2cccc(Oc3cc(-c4nc5cc(-c6nc(C(C)(C)C)nc(C(C)(C)C)n6)ccc5n4-c4c(C(C)C)cc(-c5ccc(-c6ccccc6)cc5)cc4C(C)C)c4ccoc4c3)c2)nc2ccccc21. The van der Waals surface area contributed by atoms with E-state index in [4.69, 9.17) is 34.1 Å². The Hall–Kier alpha value is -9.73. The molecule has 90 heavy (non-hydrogen) atoms. The molecule has 9 heteroatoms. The highest BCUT2D eigenvalue weighted by Gasteiger charge is 2.30. The zero-order valence-corrected chi connectivity index (χ0v) is 54.3. The number of imidazole rings is 2. The lowest BCUT2D eigenvalue weighted by molar-refractivity contribution is 0.482. The van der Waals surface area contributed by atoms with E-state index in [1.165, 1.54) is 55.8 Å². The third kappa shape index (κ3) is 11.2. The summed E-state index contributed by atoms with van der Waals surface area (Å²) in [6, 6.07) is 69.2. The molecule has 0 atom stereocenters. The van der Waals surface area contributed by atoms with E-state index in [-0.39, 0.29) is 34.5 Å². The van der Waals surface area contributed by atoms with Crippen LogP contribution < -0.4 is 4.74 Å². The van der Waals surface area contributed by atoms with Crippen molar-refractivity contribution in [1.29, 1.82) is 0 Å². The van der Waals surface area contributed by atoms with E-state index in [1.54, 1.807) is 6.26 Å². The van der Waals surface area contributed by atoms with Crippen LogP contribution in [0.1, 0.15) is 155 Å². The van der Waals surface area contributed by atoms with Gasteiger partial charge < -0.3 is 9.15 Å². The quantitative estimate of drug-likeness (QED) is 0.107. The van der Waals surface area contributed by atoms with Crippen LogP contribution in [-0.2, 0) is 10.8 Å². The van der Waals surface area contributed by atoms with Crippen molar-refractivity contribution in [2.45, 2.75) is 131 Å². The molecule has 0 bridgehead atoms. The van der Waals surface area contributed by atoms with Crippen LogP contribution in [-0.4, -0.2) is 34.1 Å². The molecule has 0 fully saturated rings. The van der Waals surface area contributed by atoms with Crippen LogP contribution in [0, 0.1) is 0 Å². The molecule has 0 saturated heterocycles. The number of ether oxygens (including phenoxy) is 1. The Labute approximate surface area is 529 Å². The molecule has 0 aliphatic heterocycles. The summed E-state index contributed by atoms with van der Waals surface area (Å²) in [6.45, 7) is 31.2. The average Bonchev–Trinajstić information content (AvgIpc) is 1.55. The summed E-state index contributed by atoms with van der Waals surface area (Å²) < 4.78 is 18.3. The maximum Gasteiger partial charge on any atom is 0.163 e. The van der Waals surface area contributed by atoms with Gasteiger partial charge in [0, 0.05) is 39.0 Å². The first-order valence-corrected chi connectivity index (χ1v) is 31.8. The zero-order chi connectivity index (χ0) is 62.9. The van der Waals surface area contributed by atoms with Crippen LogP contribution >= 0.6 is 0 Å². The lowest BCUT2D eigenvalue weighted by atomic mass is 9.87. The minimum absolute atomic E-state index is 0.133. The van der Waals surface area contributed by atoms with E-state index in [0.29, 0.717) is 22.9 Å². The molecule has 13 aromatic rings. The van der Waals surface area contributed by atoms with Crippen molar-refractivity contribution in [3.8, 4) is 90.4 Å². The lowest BCUT2D eigenvalue weighted by Crippen LogP contribution is -2.24. The summed E-state index contributed by atoms with van der Waals surface area (Å²) in [7, 11) is 0. The van der Waals surface area contributed by atoms with E-state index in [0.717, 1.165) is 78.7 Å². The summed E-state index contributed by atoms with van der Waals surface area (Å²) in [5.41, 5.74) is 20.8. The number of rotatable bonds is 14. The molecule has 450 valence electrons. The van der Waals surface area contributed by atoms with Crippen molar-refractivity contribution in [3.63, 3.8) is 0 Å². The van der Waals surface area contributed by atoms with Crippen LogP contribution in [0.15, 0.2) is 205 Å². The van der Waals surface area contributed by atoms with Gasteiger partial charge in [0.05, 0.1) is 39.7 Å². The molecule has 4 aromatic heterocycles.